The van der Waals surface area contributed by atoms with E-state index in [0.29, 0.717) is 0 Å². The van der Waals surface area contributed by atoms with Gasteiger partial charge in [0.05, 0.1) is 0 Å². The summed E-state index contributed by atoms with van der Waals surface area (Å²) in [5.74, 6) is 0.719. The molecule has 0 radical (unpaired) electrons. The molecule has 0 fully saturated rings. The first-order valence-corrected chi connectivity index (χ1v) is 7.18. The molecule has 0 amide bonds. The molecule has 0 aliphatic heterocycles. The second-order valence-electron chi connectivity index (χ2n) is 5.50. The third-order valence-electron chi connectivity index (χ3n) is 3.81. The molecule has 2 aromatic carbocycles. The van der Waals surface area contributed by atoms with Crippen molar-refractivity contribution >= 4 is 12.0 Å². The molecule has 2 aromatic rings. The smallest absolute Gasteiger partial charge is 0.307 e. The molecule has 1 unspecified atom stereocenters. The van der Waals surface area contributed by atoms with Gasteiger partial charge in [-0.05, 0) is 29.7 Å². The van der Waals surface area contributed by atoms with Gasteiger partial charge in [-0.15, -0.1) is 0 Å². The minimum absolute atomic E-state index is 0.237. The molecule has 2 nitrogen and oxygen atoms in total. The maximum absolute atomic E-state index is 11.3. The Hall–Kier alpha value is -2.35. The van der Waals surface area contributed by atoms with Gasteiger partial charge in [0.25, 0.3) is 0 Å². The highest BCUT2D eigenvalue weighted by atomic mass is 16.5. The molecule has 2 heteroatoms. The van der Waals surface area contributed by atoms with Crippen molar-refractivity contribution in [2.75, 3.05) is 0 Å². The summed E-state index contributed by atoms with van der Waals surface area (Å²) in [4.78, 5) is 11.3. The van der Waals surface area contributed by atoms with Crippen LogP contribution in [0.3, 0.4) is 0 Å². The van der Waals surface area contributed by atoms with Crippen LogP contribution in [0.1, 0.15) is 41.5 Å². The number of ether oxygens (including phenoxy) is 1. The first-order chi connectivity index (χ1) is 10.1. The van der Waals surface area contributed by atoms with Gasteiger partial charge in [0.15, 0.2) is 0 Å². The van der Waals surface area contributed by atoms with E-state index >= 15 is 0 Å². The lowest BCUT2D eigenvalue weighted by Gasteiger charge is -2.25. The number of fused-ring (bicyclic) bond motifs is 1. The van der Waals surface area contributed by atoms with Crippen molar-refractivity contribution in [1.82, 2.24) is 0 Å². The lowest BCUT2D eigenvalue weighted by molar-refractivity contribution is -0.137. The Labute approximate surface area is 125 Å². The zero-order chi connectivity index (χ0) is 14.8. The number of allylic oxidation sites excluding steroid dienone is 1. The Balaban J connectivity index is 2.05. The van der Waals surface area contributed by atoms with Crippen LogP contribution in [0.4, 0.5) is 0 Å². The fourth-order valence-electron chi connectivity index (χ4n) is 2.94. The molecule has 1 atom stereocenters. The van der Waals surface area contributed by atoms with E-state index in [-0.39, 0.29) is 11.9 Å². The zero-order valence-corrected chi connectivity index (χ0v) is 12.3. The maximum atomic E-state index is 11.3. The summed E-state index contributed by atoms with van der Waals surface area (Å²) >= 11 is 0. The van der Waals surface area contributed by atoms with E-state index in [1.807, 2.05) is 12.1 Å². The van der Waals surface area contributed by atoms with Gasteiger partial charge in [0.2, 0.25) is 0 Å². The predicted octanol–water partition coefficient (Wildman–Crippen LogP) is 4.43. The Kier molecular flexibility index (Phi) is 3.61. The van der Waals surface area contributed by atoms with Gasteiger partial charge in [0, 0.05) is 19.3 Å². The number of benzene rings is 2. The van der Waals surface area contributed by atoms with Crippen LogP contribution in [0.5, 0.6) is 0 Å². The van der Waals surface area contributed by atoms with Crippen LogP contribution in [0.15, 0.2) is 54.3 Å². The monoisotopic (exact) mass is 278 g/mol. The van der Waals surface area contributed by atoms with Crippen molar-refractivity contribution < 1.29 is 9.53 Å². The number of carbonyl (C=O) groups excluding carboxylic acids is 1. The van der Waals surface area contributed by atoms with E-state index in [1.165, 1.54) is 23.6 Å². The Morgan fingerprint density at radius 1 is 1.14 bits per heavy atom. The summed E-state index contributed by atoms with van der Waals surface area (Å²) in [7, 11) is 0. The van der Waals surface area contributed by atoms with Crippen LogP contribution in [0.2, 0.25) is 0 Å². The molecule has 3 rings (SSSR count). The van der Waals surface area contributed by atoms with Gasteiger partial charge in [-0.25, -0.2) is 0 Å². The largest absolute Gasteiger partial charge is 0.431 e. The van der Waals surface area contributed by atoms with Crippen molar-refractivity contribution in [3.8, 4) is 0 Å². The quantitative estimate of drug-likeness (QED) is 0.759. The highest BCUT2D eigenvalue weighted by molar-refractivity contribution is 5.70. The molecule has 0 heterocycles. The fraction of sp³-hybridized carbons (Fsp3) is 0.211. The lowest BCUT2D eigenvalue weighted by Crippen LogP contribution is -2.12. The molecule has 1 aliphatic rings. The molecule has 0 saturated heterocycles. The maximum Gasteiger partial charge on any atom is 0.307 e. The highest BCUT2D eigenvalue weighted by Crippen LogP contribution is 2.38. The van der Waals surface area contributed by atoms with Crippen LogP contribution in [0, 0.1) is 6.92 Å². The summed E-state index contributed by atoms with van der Waals surface area (Å²) in [6, 6.07) is 16.8. The SMILES string of the molecule is CC(=O)OC1=Cc2ccccc2C(c2cccc(C)c2)C1. The summed E-state index contributed by atoms with van der Waals surface area (Å²) in [5.41, 5.74) is 4.93. The number of carbonyl (C=O) groups is 1. The second kappa shape index (κ2) is 5.57. The van der Waals surface area contributed by atoms with Gasteiger partial charge in [0.1, 0.15) is 5.76 Å². The molecule has 21 heavy (non-hydrogen) atoms. The fourth-order valence-corrected chi connectivity index (χ4v) is 2.94. The highest BCUT2D eigenvalue weighted by Gasteiger charge is 2.24. The van der Waals surface area contributed by atoms with E-state index < -0.39 is 0 Å². The predicted molar refractivity (Wildman–Crippen MR) is 83.8 cm³/mol. The number of esters is 1. The molecule has 0 N–H and O–H groups in total. The zero-order valence-electron chi connectivity index (χ0n) is 12.3. The molecule has 0 saturated carbocycles. The summed E-state index contributed by atoms with van der Waals surface area (Å²) in [6.07, 6.45) is 2.70. The van der Waals surface area contributed by atoms with E-state index in [4.69, 9.17) is 4.74 Å². The minimum Gasteiger partial charge on any atom is -0.431 e. The van der Waals surface area contributed by atoms with Crippen LogP contribution in [0.25, 0.3) is 6.08 Å². The average molecular weight is 278 g/mol. The van der Waals surface area contributed by atoms with Crippen molar-refractivity contribution in [2.24, 2.45) is 0 Å². The Morgan fingerprint density at radius 3 is 2.71 bits per heavy atom. The van der Waals surface area contributed by atoms with E-state index in [9.17, 15) is 4.79 Å². The summed E-state index contributed by atoms with van der Waals surface area (Å²) in [6.45, 7) is 3.55. The van der Waals surface area contributed by atoms with Crippen molar-refractivity contribution in [3.05, 3.63) is 76.5 Å². The number of aryl methyl sites for hydroxylation is 1. The Bertz CT molecular complexity index is 713. The summed E-state index contributed by atoms with van der Waals surface area (Å²) in [5, 5.41) is 0. The molecular formula is C19H18O2. The van der Waals surface area contributed by atoms with E-state index in [2.05, 4.69) is 49.4 Å². The number of rotatable bonds is 2. The molecule has 1 aliphatic carbocycles. The van der Waals surface area contributed by atoms with Crippen LogP contribution in [-0.4, -0.2) is 5.97 Å². The summed E-state index contributed by atoms with van der Waals surface area (Å²) < 4.78 is 5.35. The number of hydrogen-bond donors (Lipinski definition) is 0. The van der Waals surface area contributed by atoms with Gasteiger partial charge in [-0.3, -0.25) is 4.79 Å². The van der Waals surface area contributed by atoms with Crippen molar-refractivity contribution in [1.29, 1.82) is 0 Å². The molecule has 0 spiro atoms. The van der Waals surface area contributed by atoms with Gasteiger partial charge in [-0.1, -0.05) is 54.1 Å². The second-order valence-corrected chi connectivity index (χ2v) is 5.50. The normalized spacial score (nSPS) is 16.9. The molecule has 106 valence electrons. The van der Waals surface area contributed by atoms with Crippen molar-refractivity contribution in [3.63, 3.8) is 0 Å². The molecule has 0 aromatic heterocycles. The van der Waals surface area contributed by atoms with Gasteiger partial charge < -0.3 is 4.74 Å². The topological polar surface area (TPSA) is 26.3 Å². The Morgan fingerprint density at radius 2 is 1.95 bits per heavy atom. The van der Waals surface area contributed by atoms with Crippen molar-refractivity contribution in [2.45, 2.75) is 26.2 Å². The van der Waals surface area contributed by atoms with E-state index in [1.54, 1.807) is 0 Å². The number of hydrogen-bond acceptors (Lipinski definition) is 2. The van der Waals surface area contributed by atoms with Gasteiger partial charge >= 0.3 is 5.97 Å². The minimum atomic E-state index is -0.261. The molecular weight excluding hydrogens is 260 g/mol. The first-order valence-electron chi connectivity index (χ1n) is 7.18. The van der Waals surface area contributed by atoms with Crippen LogP contribution in [-0.2, 0) is 9.53 Å². The molecule has 0 bridgehead atoms. The average Bonchev–Trinajstić information content (AvgIpc) is 2.46. The first kappa shape index (κ1) is 13.6. The van der Waals surface area contributed by atoms with Gasteiger partial charge in [-0.2, -0.15) is 0 Å². The van der Waals surface area contributed by atoms with Crippen LogP contribution < -0.4 is 0 Å². The van der Waals surface area contributed by atoms with Crippen LogP contribution >= 0.6 is 0 Å². The third kappa shape index (κ3) is 2.89. The third-order valence-corrected chi connectivity index (χ3v) is 3.81. The van der Waals surface area contributed by atoms with E-state index in [0.717, 1.165) is 17.7 Å². The standard InChI is InChI=1S/C19H18O2/c1-13-6-5-8-15(10-13)19-12-17(21-14(2)20)11-16-7-3-4-9-18(16)19/h3-11,19H,12H2,1-2H3. The lowest BCUT2D eigenvalue weighted by atomic mass is 9.81.